The fraction of sp³-hybridized carbons (Fsp3) is 0.143. The molecule has 0 amide bonds. The average molecular weight is 242 g/mol. The van der Waals surface area contributed by atoms with Gasteiger partial charge in [0.05, 0.1) is 0 Å². The zero-order valence-corrected chi connectivity index (χ0v) is 10.1. The molecule has 0 unspecified atom stereocenters. The number of hydrogen-bond donors (Lipinski definition) is 1. The topological polar surface area (TPSA) is 69.1 Å². The Morgan fingerprint density at radius 1 is 1.44 bits per heavy atom. The van der Waals surface area contributed by atoms with Crippen LogP contribution in [0, 0.1) is 6.92 Å². The number of hydrogen-bond acceptors (Lipinski definition) is 4. The SMILES string of the molecule is Cc1nc(/C=C/C(=O)Cc2ccccc2N)co1. The van der Waals surface area contributed by atoms with Crippen LogP contribution in [0.1, 0.15) is 17.1 Å². The molecular formula is C14H14N2O2. The van der Waals surface area contributed by atoms with Gasteiger partial charge in [0.2, 0.25) is 0 Å². The van der Waals surface area contributed by atoms with E-state index in [2.05, 4.69) is 4.98 Å². The number of carbonyl (C=O) groups is 1. The molecule has 0 saturated heterocycles. The molecule has 0 spiro atoms. The zero-order valence-electron chi connectivity index (χ0n) is 10.1. The van der Waals surface area contributed by atoms with Gasteiger partial charge in [-0.05, 0) is 23.8 Å². The zero-order chi connectivity index (χ0) is 13.0. The van der Waals surface area contributed by atoms with E-state index >= 15 is 0 Å². The van der Waals surface area contributed by atoms with Crippen molar-refractivity contribution in [3.8, 4) is 0 Å². The molecule has 2 aromatic rings. The molecule has 4 heteroatoms. The number of oxazole rings is 1. The van der Waals surface area contributed by atoms with Gasteiger partial charge >= 0.3 is 0 Å². The summed E-state index contributed by atoms with van der Waals surface area (Å²) < 4.78 is 5.04. The monoisotopic (exact) mass is 242 g/mol. The van der Waals surface area contributed by atoms with E-state index in [-0.39, 0.29) is 5.78 Å². The first-order valence-corrected chi connectivity index (χ1v) is 5.61. The van der Waals surface area contributed by atoms with Crippen LogP contribution in [0.25, 0.3) is 6.08 Å². The van der Waals surface area contributed by atoms with Gasteiger partial charge < -0.3 is 10.2 Å². The standard InChI is InChI=1S/C14H14N2O2/c1-10-16-12(9-18-10)6-7-13(17)8-11-4-2-3-5-14(11)15/h2-7,9H,8,15H2,1H3/b7-6+. The van der Waals surface area contributed by atoms with Crippen LogP contribution in [0.2, 0.25) is 0 Å². The van der Waals surface area contributed by atoms with Crippen LogP contribution in [0.15, 0.2) is 41.0 Å². The lowest BCUT2D eigenvalue weighted by atomic mass is 10.1. The number of nitrogens with zero attached hydrogens (tertiary/aromatic N) is 1. The summed E-state index contributed by atoms with van der Waals surface area (Å²) in [6.45, 7) is 1.75. The van der Waals surface area contributed by atoms with Gasteiger partial charge in [-0.1, -0.05) is 18.2 Å². The number of aryl methyl sites for hydroxylation is 1. The third-order valence-corrected chi connectivity index (χ3v) is 2.50. The largest absolute Gasteiger partial charge is 0.449 e. The van der Waals surface area contributed by atoms with Gasteiger partial charge in [-0.3, -0.25) is 4.79 Å². The Balaban J connectivity index is 2.01. The van der Waals surface area contributed by atoms with Gasteiger partial charge in [-0.2, -0.15) is 0 Å². The van der Waals surface area contributed by atoms with Crippen molar-refractivity contribution in [2.24, 2.45) is 0 Å². The van der Waals surface area contributed by atoms with Gasteiger partial charge in [0.15, 0.2) is 11.7 Å². The predicted octanol–water partition coefficient (Wildman–Crippen LogP) is 2.39. The van der Waals surface area contributed by atoms with E-state index in [1.165, 1.54) is 12.3 Å². The van der Waals surface area contributed by atoms with Gasteiger partial charge in [0.1, 0.15) is 12.0 Å². The van der Waals surface area contributed by atoms with E-state index in [0.717, 1.165) is 5.56 Å². The van der Waals surface area contributed by atoms with E-state index in [4.69, 9.17) is 10.2 Å². The number of benzene rings is 1. The Hall–Kier alpha value is -2.36. The number of nitrogen functional groups attached to an aromatic ring is 1. The number of allylic oxidation sites excluding steroid dienone is 1. The molecule has 1 aromatic heterocycles. The molecule has 0 saturated carbocycles. The third kappa shape index (κ3) is 3.07. The molecule has 92 valence electrons. The minimum Gasteiger partial charge on any atom is -0.449 e. The molecule has 0 atom stereocenters. The van der Waals surface area contributed by atoms with Crippen molar-refractivity contribution in [2.75, 3.05) is 5.73 Å². The average Bonchev–Trinajstić information content (AvgIpc) is 2.76. The van der Waals surface area contributed by atoms with Gasteiger partial charge in [0, 0.05) is 19.0 Å². The van der Waals surface area contributed by atoms with Crippen LogP contribution in [0.4, 0.5) is 5.69 Å². The summed E-state index contributed by atoms with van der Waals surface area (Å²) in [4.78, 5) is 15.8. The summed E-state index contributed by atoms with van der Waals surface area (Å²) in [5.74, 6) is 0.558. The van der Waals surface area contributed by atoms with Gasteiger partial charge in [-0.15, -0.1) is 0 Å². The summed E-state index contributed by atoms with van der Waals surface area (Å²) in [6, 6.07) is 7.34. The second-order valence-corrected chi connectivity index (χ2v) is 3.97. The smallest absolute Gasteiger partial charge is 0.191 e. The molecular weight excluding hydrogens is 228 g/mol. The number of ketones is 1. The Morgan fingerprint density at radius 3 is 2.89 bits per heavy atom. The molecule has 1 heterocycles. The lowest BCUT2D eigenvalue weighted by Gasteiger charge is -2.01. The molecule has 0 fully saturated rings. The predicted molar refractivity (Wildman–Crippen MR) is 69.8 cm³/mol. The van der Waals surface area contributed by atoms with Crippen LogP contribution < -0.4 is 5.73 Å². The summed E-state index contributed by atoms with van der Waals surface area (Å²) in [7, 11) is 0. The Morgan fingerprint density at radius 2 is 2.22 bits per heavy atom. The highest BCUT2D eigenvalue weighted by Crippen LogP contribution is 2.12. The van der Waals surface area contributed by atoms with Crippen molar-refractivity contribution in [3.63, 3.8) is 0 Å². The van der Waals surface area contributed by atoms with Crippen LogP contribution >= 0.6 is 0 Å². The van der Waals surface area contributed by atoms with Crippen molar-refractivity contribution in [1.82, 2.24) is 4.98 Å². The fourth-order valence-electron chi connectivity index (χ4n) is 1.58. The van der Waals surface area contributed by atoms with Gasteiger partial charge in [-0.25, -0.2) is 4.98 Å². The highest BCUT2D eigenvalue weighted by molar-refractivity contribution is 5.95. The molecule has 2 N–H and O–H groups in total. The lowest BCUT2D eigenvalue weighted by Crippen LogP contribution is -2.01. The highest BCUT2D eigenvalue weighted by atomic mass is 16.3. The number of carbonyl (C=O) groups excluding carboxylic acids is 1. The van der Waals surface area contributed by atoms with Crippen LogP contribution in [-0.2, 0) is 11.2 Å². The van der Waals surface area contributed by atoms with Crippen molar-refractivity contribution >= 4 is 17.5 Å². The number of rotatable bonds is 4. The first-order chi connectivity index (χ1) is 8.65. The molecule has 4 nitrogen and oxygen atoms in total. The first-order valence-electron chi connectivity index (χ1n) is 5.61. The molecule has 2 rings (SSSR count). The van der Waals surface area contributed by atoms with Gasteiger partial charge in [0.25, 0.3) is 0 Å². The quantitative estimate of drug-likeness (QED) is 0.660. The molecule has 0 radical (unpaired) electrons. The van der Waals surface area contributed by atoms with Crippen molar-refractivity contribution in [1.29, 1.82) is 0 Å². The summed E-state index contributed by atoms with van der Waals surface area (Å²) in [6.07, 6.45) is 4.93. The molecule has 0 aliphatic carbocycles. The maximum Gasteiger partial charge on any atom is 0.191 e. The Labute approximate surface area is 105 Å². The number of anilines is 1. The number of nitrogens with two attached hydrogens (primary N) is 1. The molecule has 18 heavy (non-hydrogen) atoms. The van der Waals surface area contributed by atoms with E-state index in [1.807, 2.05) is 18.2 Å². The van der Waals surface area contributed by atoms with Crippen LogP contribution in [-0.4, -0.2) is 10.8 Å². The number of para-hydroxylation sites is 1. The second-order valence-electron chi connectivity index (χ2n) is 3.97. The highest BCUT2D eigenvalue weighted by Gasteiger charge is 2.03. The third-order valence-electron chi connectivity index (χ3n) is 2.50. The maximum atomic E-state index is 11.7. The molecule has 0 aliphatic rings. The minimum atomic E-state index is -0.0199. The van der Waals surface area contributed by atoms with E-state index in [1.54, 1.807) is 19.1 Å². The Bertz CT molecular complexity index is 585. The van der Waals surface area contributed by atoms with Crippen molar-refractivity contribution < 1.29 is 9.21 Å². The van der Waals surface area contributed by atoms with E-state index in [9.17, 15) is 4.79 Å². The van der Waals surface area contributed by atoms with Crippen LogP contribution in [0.5, 0.6) is 0 Å². The minimum absolute atomic E-state index is 0.0199. The van der Waals surface area contributed by atoms with Crippen molar-refractivity contribution in [3.05, 3.63) is 53.8 Å². The normalized spacial score (nSPS) is 10.9. The Kier molecular flexibility index (Phi) is 3.57. The summed E-state index contributed by atoms with van der Waals surface area (Å²) >= 11 is 0. The van der Waals surface area contributed by atoms with E-state index in [0.29, 0.717) is 23.7 Å². The first kappa shape index (κ1) is 12.1. The lowest BCUT2D eigenvalue weighted by molar-refractivity contribution is -0.113. The molecule has 0 aliphatic heterocycles. The summed E-state index contributed by atoms with van der Waals surface area (Å²) in [5, 5.41) is 0. The summed E-state index contributed by atoms with van der Waals surface area (Å²) in [5.41, 5.74) is 7.89. The van der Waals surface area contributed by atoms with Crippen LogP contribution in [0.3, 0.4) is 0 Å². The number of aromatic nitrogens is 1. The van der Waals surface area contributed by atoms with E-state index < -0.39 is 0 Å². The second kappa shape index (κ2) is 5.31. The maximum absolute atomic E-state index is 11.7. The molecule has 1 aromatic carbocycles. The molecule has 0 bridgehead atoms. The van der Waals surface area contributed by atoms with Crippen molar-refractivity contribution in [2.45, 2.75) is 13.3 Å². The fourth-order valence-corrected chi connectivity index (χ4v) is 1.58.